The van der Waals surface area contributed by atoms with E-state index in [1.165, 1.54) is 29.7 Å². The summed E-state index contributed by atoms with van der Waals surface area (Å²) in [6.45, 7) is 0. The first-order valence-corrected chi connectivity index (χ1v) is 13.7. The summed E-state index contributed by atoms with van der Waals surface area (Å²) in [7, 11) is -0.637. The van der Waals surface area contributed by atoms with E-state index in [0.717, 1.165) is 16.7 Å². The Balaban J connectivity index is 1.57. The van der Waals surface area contributed by atoms with Crippen LogP contribution in [0.15, 0.2) is 94.7 Å². The number of hydrogen-bond donors (Lipinski definition) is 0. The number of benzene rings is 3. The standard InChI is InChI=1S/C27H21N5O3S2/c1-30(2)37(34,35)21-12-8-9-18(15-21)25-19(17-31(29-25)20-10-4-3-5-11-20)16-24-26(33)32-23-14-7-6-13-22(23)28-27(32)36-24/h3-17H,1-2H3/b24-16-. The van der Waals surface area contributed by atoms with E-state index < -0.39 is 10.0 Å². The number of sulfonamides is 1. The molecule has 0 aliphatic carbocycles. The van der Waals surface area contributed by atoms with E-state index in [1.807, 2.05) is 66.9 Å². The maximum Gasteiger partial charge on any atom is 0.274 e. The molecule has 0 spiro atoms. The van der Waals surface area contributed by atoms with Crippen molar-refractivity contribution in [3.63, 3.8) is 0 Å². The van der Waals surface area contributed by atoms with Gasteiger partial charge >= 0.3 is 0 Å². The van der Waals surface area contributed by atoms with Crippen LogP contribution < -0.4 is 10.1 Å². The number of hydrogen-bond acceptors (Lipinski definition) is 6. The molecule has 0 radical (unpaired) electrons. The van der Waals surface area contributed by atoms with Crippen LogP contribution in [0.4, 0.5) is 0 Å². The Morgan fingerprint density at radius 2 is 1.70 bits per heavy atom. The van der Waals surface area contributed by atoms with Gasteiger partial charge in [-0.2, -0.15) is 5.10 Å². The van der Waals surface area contributed by atoms with Gasteiger partial charge in [-0.1, -0.05) is 53.8 Å². The van der Waals surface area contributed by atoms with Gasteiger partial charge in [-0.3, -0.25) is 4.79 Å². The van der Waals surface area contributed by atoms with Crippen LogP contribution in [-0.2, 0) is 10.0 Å². The van der Waals surface area contributed by atoms with E-state index in [4.69, 9.17) is 5.10 Å². The summed E-state index contributed by atoms with van der Waals surface area (Å²) in [4.78, 5) is 18.8. The summed E-state index contributed by atoms with van der Waals surface area (Å²) in [6, 6.07) is 23.8. The van der Waals surface area contributed by atoms with Crippen LogP contribution in [0.2, 0.25) is 0 Å². The highest BCUT2D eigenvalue weighted by Gasteiger charge is 2.20. The largest absolute Gasteiger partial charge is 0.274 e. The van der Waals surface area contributed by atoms with Crippen LogP contribution in [0.3, 0.4) is 0 Å². The van der Waals surface area contributed by atoms with Gasteiger partial charge in [-0.25, -0.2) is 26.8 Å². The fourth-order valence-electron chi connectivity index (χ4n) is 4.20. The van der Waals surface area contributed by atoms with Crippen molar-refractivity contribution < 1.29 is 8.42 Å². The van der Waals surface area contributed by atoms with Crippen molar-refractivity contribution >= 4 is 43.4 Å². The molecule has 0 saturated heterocycles. The van der Waals surface area contributed by atoms with Gasteiger partial charge in [0.15, 0.2) is 4.96 Å². The Hall–Kier alpha value is -4.12. The van der Waals surface area contributed by atoms with Crippen molar-refractivity contribution in [3.8, 4) is 16.9 Å². The van der Waals surface area contributed by atoms with E-state index in [-0.39, 0.29) is 10.5 Å². The first-order chi connectivity index (χ1) is 17.8. The first-order valence-electron chi connectivity index (χ1n) is 11.4. The minimum atomic E-state index is -3.63. The molecule has 0 saturated carbocycles. The van der Waals surface area contributed by atoms with Gasteiger partial charge in [0.05, 0.1) is 26.1 Å². The lowest BCUT2D eigenvalue weighted by Gasteiger charge is -2.12. The minimum Gasteiger partial charge on any atom is -0.267 e. The predicted octanol–water partition coefficient (Wildman–Crippen LogP) is 3.56. The molecule has 0 N–H and O–H groups in total. The lowest BCUT2D eigenvalue weighted by atomic mass is 10.1. The summed E-state index contributed by atoms with van der Waals surface area (Å²) in [6.07, 6.45) is 3.64. The highest BCUT2D eigenvalue weighted by atomic mass is 32.2. The lowest BCUT2D eigenvalue weighted by Crippen LogP contribution is -2.22. The average molecular weight is 528 g/mol. The molecule has 3 aromatic carbocycles. The lowest BCUT2D eigenvalue weighted by molar-refractivity contribution is 0.521. The molecular formula is C27H21N5O3S2. The minimum absolute atomic E-state index is 0.156. The van der Waals surface area contributed by atoms with Crippen LogP contribution in [0.1, 0.15) is 5.56 Å². The predicted molar refractivity (Wildman–Crippen MR) is 146 cm³/mol. The topological polar surface area (TPSA) is 89.6 Å². The van der Waals surface area contributed by atoms with Crippen molar-refractivity contribution in [2.24, 2.45) is 0 Å². The van der Waals surface area contributed by atoms with Gasteiger partial charge < -0.3 is 0 Å². The zero-order valence-corrected chi connectivity index (χ0v) is 21.6. The molecule has 184 valence electrons. The summed E-state index contributed by atoms with van der Waals surface area (Å²) >= 11 is 1.31. The molecule has 0 aliphatic rings. The van der Waals surface area contributed by atoms with Crippen molar-refractivity contribution in [3.05, 3.63) is 106 Å². The highest BCUT2D eigenvalue weighted by molar-refractivity contribution is 7.89. The molecule has 6 aromatic rings. The van der Waals surface area contributed by atoms with Gasteiger partial charge in [-0.15, -0.1) is 0 Å². The summed E-state index contributed by atoms with van der Waals surface area (Å²) in [5.74, 6) is 0. The second kappa shape index (κ2) is 8.77. The molecule has 10 heteroatoms. The maximum absolute atomic E-state index is 13.4. The number of thiazole rings is 1. The number of imidazole rings is 1. The molecule has 6 rings (SSSR count). The molecule has 3 aromatic heterocycles. The Morgan fingerprint density at radius 3 is 2.49 bits per heavy atom. The fraction of sp³-hybridized carbons (Fsp3) is 0.0741. The van der Waals surface area contributed by atoms with Crippen LogP contribution in [-0.4, -0.2) is 46.0 Å². The monoisotopic (exact) mass is 527 g/mol. The molecule has 37 heavy (non-hydrogen) atoms. The Bertz CT molecular complexity index is 2010. The number of aromatic nitrogens is 4. The molecule has 0 fully saturated rings. The van der Waals surface area contributed by atoms with Crippen LogP contribution >= 0.6 is 11.3 Å². The number of fused-ring (bicyclic) bond motifs is 3. The third kappa shape index (κ3) is 3.95. The molecule has 0 atom stereocenters. The van der Waals surface area contributed by atoms with Gasteiger partial charge in [0, 0.05) is 31.4 Å². The molecule has 0 aliphatic heterocycles. The first kappa shape index (κ1) is 23.3. The normalized spacial score (nSPS) is 12.8. The van der Waals surface area contributed by atoms with Gasteiger partial charge in [0.2, 0.25) is 10.0 Å². The summed E-state index contributed by atoms with van der Waals surface area (Å²) < 4.78 is 30.6. The van der Waals surface area contributed by atoms with Crippen LogP contribution in [0.25, 0.3) is 39.0 Å². The molecule has 0 bridgehead atoms. The third-order valence-electron chi connectivity index (χ3n) is 6.08. The van der Waals surface area contributed by atoms with Crippen LogP contribution in [0, 0.1) is 0 Å². The van der Waals surface area contributed by atoms with Crippen molar-refractivity contribution in [2.75, 3.05) is 14.1 Å². The Morgan fingerprint density at radius 1 is 0.946 bits per heavy atom. The van der Waals surface area contributed by atoms with E-state index >= 15 is 0 Å². The van der Waals surface area contributed by atoms with Crippen LogP contribution in [0.5, 0.6) is 0 Å². The second-order valence-electron chi connectivity index (χ2n) is 8.66. The smallest absolute Gasteiger partial charge is 0.267 e. The highest BCUT2D eigenvalue weighted by Crippen LogP contribution is 2.27. The number of nitrogens with zero attached hydrogens (tertiary/aromatic N) is 5. The zero-order chi connectivity index (χ0) is 25.7. The second-order valence-corrected chi connectivity index (χ2v) is 11.8. The average Bonchev–Trinajstić information content (AvgIpc) is 3.58. The summed E-state index contributed by atoms with van der Waals surface area (Å²) in [5.41, 5.74) is 4.10. The van der Waals surface area contributed by atoms with Gasteiger partial charge in [-0.05, 0) is 42.5 Å². The molecule has 0 unspecified atom stereocenters. The zero-order valence-electron chi connectivity index (χ0n) is 19.9. The molecule has 0 amide bonds. The summed E-state index contributed by atoms with van der Waals surface area (Å²) in [5, 5.41) is 4.79. The van der Waals surface area contributed by atoms with Gasteiger partial charge in [0.1, 0.15) is 5.69 Å². The van der Waals surface area contributed by atoms with Crippen molar-refractivity contribution in [1.29, 1.82) is 0 Å². The van der Waals surface area contributed by atoms with E-state index in [2.05, 4.69) is 4.98 Å². The van der Waals surface area contributed by atoms with Crippen molar-refractivity contribution in [1.82, 2.24) is 23.5 Å². The van der Waals surface area contributed by atoms with E-state index in [9.17, 15) is 13.2 Å². The van der Waals surface area contributed by atoms with Gasteiger partial charge in [0.25, 0.3) is 5.56 Å². The Kier molecular flexibility index (Phi) is 5.52. The number of para-hydroxylation sites is 3. The maximum atomic E-state index is 13.4. The van der Waals surface area contributed by atoms with Crippen molar-refractivity contribution in [2.45, 2.75) is 4.90 Å². The Labute approximate surface area is 216 Å². The molecule has 3 heterocycles. The molecular weight excluding hydrogens is 506 g/mol. The quantitative estimate of drug-likeness (QED) is 0.342. The fourth-order valence-corrected chi connectivity index (χ4v) is 6.12. The third-order valence-corrected chi connectivity index (χ3v) is 8.86. The molecule has 8 nitrogen and oxygen atoms in total. The SMILES string of the molecule is CN(C)S(=O)(=O)c1cccc(-c2nn(-c3ccccc3)cc2/C=c2\sc3nc4ccccc4n3c2=O)c1. The van der Waals surface area contributed by atoms with E-state index in [0.29, 0.717) is 26.3 Å². The van der Waals surface area contributed by atoms with E-state index in [1.54, 1.807) is 33.4 Å². The number of rotatable bonds is 5.